The zero-order valence-electron chi connectivity index (χ0n) is 26.9. The molecule has 2 aromatic rings. The monoisotopic (exact) mass is 641 g/mol. The minimum atomic E-state index is -3.65. The van der Waals surface area contributed by atoms with E-state index >= 15 is 0 Å². The lowest BCUT2D eigenvalue weighted by atomic mass is 9.81. The Hall–Kier alpha value is -3.12. The smallest absolute Gasteiger partial charge is 0.243 e. The van der Waals surface area contributed by atoms with Gasteiger partial charge in [-0.25, -0.2) is 18.9 Å². The number of H-pyrrole nitrogens is 1. The Morgan fingerprint density at radius 2 is 1.73 bits per heavy atom. The van der Waals surface area contributed by atoms with E-state index in [4.69, 9.17) is 11.3 Å². The molecule has 11 nitrogen and oxygen atoms in total. The molecular formula is C33H51N7O4S. The molecule has 2 saturated carbocycles. The van der Waals surface area contributed by atoms with E-state index in [9.17, 15) is 18.0 Å². The summed E-state index contributed by atoms with van der Waals surface area (Å²) in [6.45, 7) is 4.88. The third-order valence-corrected chi connectivity index (χ3v) is 12.1. The van der Waals surface area contributed by atoms with Crippen LogP contribution in [0.25, 0.3) is 0 Å². The predicted octanol–water partition coefficient (Wildman–Crippen LogP) is 4.10. The van der Waals surface area contributed by atoms with E-state index in [2.05, 4.69) is 25.7 Å². The summed E-state index contributed by atoms with van der Waals surface area (Å²) in [5.41, 5.74) is 16.1. The molecule has 6 N–H and O–H groups in total. The number of nitrogens with two attached hydrogens (primary N) is 1. The number of hydrogen-bond donors (Lipinski definition) is 5. The lowest BCUT2D eigenvalue weighted by Gasteiger charge is -2.34. The maximum absolute atomic E-state index is 14.1. The fourth-order valence-electron chi connectivity index (χ4n) is 6.31. The number of hydrogen-bond acceptors (Lipinski definition) is 8. The number of imidazole rings is 1. The number of aromatic nitrogens is 2. The van der Waals surface area contributed by atoms with Crippen molar-refractivity contribution in [1.82, 2.24) is 20.6 Å². The van der Waals surface area contributed by atoms with Crippen LogP contribution < -0.4 is 16.4 Å². The van der Waals surface area contributed by atoms with E-state index in [0.717, 1.165) is 44.1 Å². The van der Waals surface area contributed by atoms with Crippen molar-refractivity contribution < 1.29 is 18.0 Å². The van der Waals surface area contributed by atoms with Gasteiger partial charge in [-0.1, -0.05) is 62.4 Å². The Bertz CT molecular complexity index is 1350. The van der Waals surface area contributed by atoms with Gasteiger partial charge in [0.1, 0.15) is 12.1 Å². The summed E-state index contributed by atoms with van der Waals surface area (Å²) in [4.78, 5) is 35.1. The molecule has 0 aliphatic heterocycles. The second-order valence-corrected chi connectivity index (χ2v) is 16.8. The van der Waals surface area contributed by atoms with E-state index in [0.29, 0.717) is 24.0 Å². The lowest BCUT2D eigenvalue weighted by Crippen LogP contribution is -2.57. The Kier molecular flexibility index (Phi) is 11.9. The van der Waals surface area contributed by atoms with Crippen LogP contribution in [-0.4, -0.2) is 64.9 Å². The van der Waals surface area contributed by atoms with Gasteiger partial charge in [0.2, 0.25) is 11.8 Å². The van der Waals surface area contributed by atoms with Gasteiger partial charge in [-0.3, -0.25) is 9.59 Å². The zero-order valence-corrected chi connectivity index (χ0v) is 27.7. The van der Waals surface area contributed by atoms with Gasteiger partial charge in [0.15, 0.2) is 9.84 Å². The van der Waals surface area contributed by atoms with Gasteiger partial charge in [-0.15, -0.1) is 0 Å². The van der Waals surface area contributed by atoms with Crippen LogP contribution in [0.2, 0.25) is 0 Å². The molecule has 5 atom stereocenters. The molecule has 12 heteroatoms. The maximum Gasteiger partial charge on any atom is 0.243 e. The number of rotatable bonds is 16. The van der Waals surface area contributed by atoms with Crippen LogP contribution in [-0.2, 0) is 32.3 Å². The highest BCUT2D eigenvalue weighted by molar-refractivity contribution is 7.92. The van der Waals surface area contributed by atoms with Gasteiger partial charge >= 0.3 is 0 Å². The highest BCUT2D eigenvalue weighted by Gasteiger charge is 2.41. The standard InChI is InChI=1S/C33H51N7O4S/c1-33(2,3)45(43,44)20-25(16-22-10-6-4-7-11-22)31(41)39-28(18-26-19-36-21-37-26)32(42)38-27(17-23-12-8-5-9-13-23)30(40-35)29(34)24-14-15-24/h4,6-7,10-11,19,21,23-25,27-30,35H,5,8-9,12-18,20,34H2,1-3H3,(H,36,37)(H,38,42)(H,39,41)/t25-,27+,28+,29+,30-/m1/s1. The van der Waals surface area contributed by atoms with Crippen molar-refractivity contribution in [2.24, 2.45) is 28.6 Å². The van der Waals surface area contributed by atoms with Crippen LogP contribution in [0, 0.1) is 23.3 Å². The van der Waals surface area contributed by atoms with Crippen LogP contribution in [0.1, 0.15) is 83.4 Å². The molecule has 2 amide bonds. The first-order chi connectivity index (χ1) is 21.4. The molecule has 0 saturated heterocycles. The summed E-state index contributed by atoms with van der Waals surface area (Å²) in [6, 6.07) is 6.95. The molecule has 2 fully saturated rings. The summed E-state index contributed by atoms with van der Waals surface area (Å²) in [6.07, 6.45) is 11.7. The predicted molar refractivity (Wildman–Crippen MR) is 174 cm³/mol. The van der Waals surface area contributed by atoms with Crippen LogP contribution in [0.3, 0.4) is 0 Å². The van der Waals surface area contributed by atoms with Crippen molar-refractivity contribution in [3.05, 3.63) is 54.1 Å². The Labute approximate surface area is 267 Å². The summed E-state index contributed by atoms with van der Waals surface area (Å²) in [5.74, 6) is -1.49. The summed E-state index contributed by atoms with van der Waals surface area (Å²) >= 11 is 0. The molecule has 0 spiro atoms. The van der Waals surface area contributed by atoms with E-state index in [-0.39, 0.29) is 24.6 Å². The molecular weight excluding hydrogens is 590 g/mol. The fourth-order valence-corrected chi connectivity index (χ4v) is 7.61. The third kappa shape index (κ3) is 9.93. The molecule has 248 valence electrons. The van der Waals surface area contributed by atoms with Gasteiger partial charge in [-0.05, 0) is 63.9 Å². The Balaban J connectivity index is 1.58. The molecule has 2 aliphatic rings. The van der Waals surface area contributed by atoms with Crippen molar-refractivity contribution >= 4 is 21.7 Å². The first-order valence-electron chi connectivity index (χ1n) is 16.3. The number of benzene rings is 1. The third-order valence-electron chi connectivity index (χ3n) is 9.42. The van der Waals surface area contributed by atoms with Gasteiger partial charge in [-0.2, -0.15) is 5.11 Å². The minimum absolute atomic E-state index is 0.134. The van der Waals surface area contributed by atoms with E-state index in [1.807, 2.05) is 30.3 Å². The molecule has 4 rings (SSSR count). The Morgan fingerprint density at radius 3 is 2.31 bits per heavy atom. The molecule has 1 aromatic carbocycles. The number of aromatic amines is 1. The molecule has 45 heavy (non-hydrogen) atoms. The van der Waals surface area contributed by atoms with Crippen LogP contribution in [0.4, 0.5) is 0 Å². The quantitative estimate of drug-likeness (QED) is 0.172. The van der Waals surface area contributed by atoms with Crippen molar-refractivity contribution in [2.75, 3.05) is 5.75 Å². The molecule has 0 unspecified atom stereocenters. The van der Waals surface area contributed by atoms with E-state index < -0.39 is 50.4 Å². The van der Waals surface area contributed by atoms with Crippen molar-refractivity contribution in [2.45, 2.75) is 114 Å². The molecule has 2 aliphatic carbocycles. The second-order valence-electron chi connectivity index (χ2n) is 14.0. The first-order valence-corrected chi connectivity index (χ1v) is 18.0. The molecule has 0 radical (unpaired) electrons. The van der Waals surface area contributed by atoms with Crippen molar-refractivity contribution in [3.8, 4) is 0 Å². The van der Waals surface area contributed by atoms with Crippen molar-refractivity contribution in [3.63, 3.8) is 0 Å². The number of nitrogens with one attached hydrogen (secondary N) is 4. The molecule has 1 aromatic heterocycles. The summed E-state index contributed by atoms with van der Waals surface area (Å²) in [7, 11) is -3.65. The summed E-state index contributed by atoms with van der Waals surface area (Å²) in [5, 5.41) is 10.0. The van der Waals surface area contributed by atoms with E-state index in [1.54, 1.807) is 27.0 Å². The lowest BCUT2D eigenvalue weighted by molar-refractivity contribution is -0.131. The number of amides is 2. The number of carbonyl (C=O) groups is 2. The average molecular weight is 642 g/mol. The second kappa shape index (κ2) is 15.4. The normalized spacial score (nSPS) is 19.6. The number of sulfone groups is 1. The van der Waals surface area contributed by atoms with Gasteiger partial charge in [0.25, 0.3) is 0 Å². The highest BCUT2D eigenvalue weighted by atomic mass is 32.2. The SMILES string of the molecule is CC(C)(C)S(=O)(=O)C[C@@H](Cc1ccccc1)C(=O)N[C@@H](Cc1cnc[nH]1)C(=O)N[C@@H](CC1CCCCC1)[C@@H](N=N)[C@@H](N)C1CC1. The van der Waals surface area contributed by atoms with Crippen LogP contribution in [0.15, 0.2) is 48.0 Å². The fraction of sp³-hybridized carbons (Fsp3) is 0.667. The topological polar surface area (TPSA) is 183 Å². The van der Waals surface area contributed by atoms with Crippen LogP contribution >= 0.6 is 0 Å². The van der Waals surface area contributed by atoms with Gasteiger partial charge in [0, 0.05) is 24.4 Å². The van der Waals surface area contributed by atoms with Crippen molar-refractivity contribution in [1.29, 1.82) is 5.53 Å². The van der Waals surface area contributed by atoms with Gasteiger partial charge < -0.3 is 21.4 Å². The summed E-state index contributed by atoms with van der Waals surface area (Å²) < 4.78 is 25.5. The number of carbonyl (C=O) groups excluding carboxylic acids is 2. The number of nitrogens with zero attached hydrogens (tertiary/aromatic N) is 2. The Morgan fingerprint density at radius 1 is 1.04 bits per heavy atom. The van der Waals surface area contributed by atoms with Gasteiger partial charge in [0.05, 0.1) is 28.8 Å². The first kappa shape index (κ1) is 34.7. The van der Waals surface area contributed by atoms with Crippen LogP contribution in [0.5, 0.6) is 0 Å². The average Bonchev–Trinajstić information content (AvgIpc) is 3.73. The minimum Gasteiger partial charge on any atom is -0.349 e. The largest absolute Gasteiger partial charge is 0.349 e. The maximum atomic E-state index is 14.1. The molecule has 1 heterocycles. The highest BCUT2D eigenvalue weighted by Crippen LogP contribution is 2.36. The molecule has 0 bridgehead atoms. The zero-order chi connectivity index (χ0) is 32.6. The van der Waals surface area contributed by atoms with E-state index in [1.165, 1.54) is 12.7 Å².